The first kappa shape index (κ1) is 17.5. The van der Waals surface area contributed by atoms with Crippen LogP contribution in [-0.4, -0.2) is 17.7 Å². The van der Waals surface area contributed by atoms with E-state index in [0.717, 1.165) is 17.0 Å². The minimum Gasteiger partial charge on any atom is -0.454 e. The topological polar surface area (TPSA) is 60.5 Å². The summed E-state index contributed by atoms with van der Waals surface area (Å²) in [5, 5.41) is 5.38. The predicted octanol–water partition coefficient (Wildman–Crippen LogP) is 3.93. The number of ether oxygens (including phenoxy) is 2. The fourth-order valence-corrected chi connectivity index (χ4v) is 3.64. The number of carbonyl (C=O) groups is 1. The maximum Gasteiger partial charge on any atom is 0.231 e. The van der Waals surface area contributed by atoms with Gasteiger partial charge in [0.1, 0.15) is 10.8 Å². The Bertz CT molecular complexity index is 973. The molecule has 0 aliphatic carbocycles. The molecule has 2 aromatic carbocycles. The van der Waals surface area contributed by atoms with Gasteiger partial charge in [-0.2, -0.15) is 0 Å². The number of aromatic nitrogens is 1. The summed E-state index contributed by atoms with van der Waals surface area (Å²) in [6, 6.07) is 12.2. The van der Waals surface area contributed by atoms with E-state index in [0.29, 0.717) is 35.7 Å². The molecule has 1 amide bonds. The highest BCUT2D eigenvalue weighted by atomic mass is 32.1. The van der Waals surface area contributed by atoms with Crippen LogP contribution in [0.5, 0.6) is 11.5 Å². The zero-order chi connectivity index (χ0) is 18.6. The summed E-state index contributed by atoms with van der Waals surface area (Å²) in [6.45, 7) is 0.653. The Morgan fingerprint density at radius 1 is 1.19 bits per heavy atom. The molecule has 5 nitrogen and oxygen atoms in total. The first-order valence-electron chi connectivity index (χ1n) is 8.53. The zero-order valence-corrected chi connectivity index (χ0v) is 15.2. The summed E-state index contributed by atoms with van der Waals surface area (Å²) in [4.78, 5) is 16.5. The molecule has 27 heavy (non-hydrogen) atoms. The van der Waals surface area contributed by atoms with Gasteiger partial charge < -0.3 is 14.8 Å². The van der Waals surface area contributed by atoms with Gasteiger partial charge in [0.25, 0.3) is 0 Å². The van der Waals surface area contributed by atoms with Gasteiger partial charge >= 0.3 is 0 Å². The molecule has 0 unspecified atom stereocenters. The standard InChI is InChI=1S/C20H17FN2O3S/c21-16-4-2-1-3-15(16)20-23-14(11-27-20)6-8-19(24)22-10-13-5-7-17-18(9-13)26-12-25-17/h1-5,7,9,11H,6,8,10,12H2,(H,22,24). The highest BCUT2D eigenvalue weighted by Crippen LogP contribution is 2.32. The molecule has 3 aromatic rings. The second-order valence-electron chi connectivity index (χ2n) is 6.09. The van der Waals surface area contributed by atoms with Crippen molar-refractivity contribution in [1.82, 2.24) is 10.3 Å². The van der Waals surface area contributed by atoms with Crippen LogP contribution in [0.1, 0.15) is 17.7 Å². The maximum absolute atomic E-state index is 13.8. The van der Waals surface area contributed by atoms with Gasteiger partial charge in [-0.05, 0) is 36.2 Å². The molecule has 0 saturated carbocycles. The van der Waals surface area contributed by atoms with E-state index in [4.69, 9.17) is 9.47 Å². The van der Waals surface area contributed by atoms with Crippen molar-refractivity contribution in [3.05, 3.63) is 64.9 Å². The number of nitrogens with zero attached hydrogens (tertiary/aromatic N) is 1. The van der Waals surface area contributed by atoms with Gasteiger partial charge in [-0.1, -0.05) is 18.2 Å². The first-order valence-corrected chi connectivity index (χ1v) is 9.41. The fourth-order valence-electron chi connectivity index (χ4n) is 2.76. The molecular weight excluding hydrogens is 367 g/mol. The van der Waals surface area contributed by atoms with Crippen molar-refractivity contribution in [2.24, 2.45) is 0 Å². The van der Waals surface area contributed by atoms with Crippen molar-refractivity contribution in [1.29, 1.82) is 0 Å². The summed E-state index contributed by atoms with van der Waals surface area (Å²) in [7, 11) is 0. The molecule has 1 aliphatic heterocycles. The number of hydrogen-bond donors (Lipinski definition) is 1. The Kier molecular flexibility index (Phi) is 5.02. The number of fused-ring (bicyclic) bond motifs is 1. The molecule has 0 atom stereocenters. The van der Waals surface area contributed by atoms with Gasteiger partial charge in [0.15, 0.2) is 11.5 Å². The Labute approximate surface area is 159 Å². The second kappa shape index (κ2) is 7.75. The number of nitrogens with one attached hydrogen (secondary N) is 1. The van der Waals surface area contributed by atoms with Crippen molar-refractivity contribution in [2.75, 3.05) is 6.79 Å². The third-order valence-electron chi connectivity index (χ3n) is 4.19. The number of carbonyl (C=O) groups excluding carboxylic acids is 1. The van der Waals surface area contributed by atoms with Gasteiger partial charge in [-0.25, -0.2) is 9.37 Å². The van der Waals surface area contributed by atoms with E-state index in [-0.39, 0.29) is 18.5 Å². The number of rotatable bonds is 6. The average Bonchev–Trinajstić information content (AvgIpc) is 3.34. The molecule has 0 radical (unpaired) electrons. The van der Waals surface area contributed by atoms with Crippen molar-refractivity contribution < 1.29 is 18.7 Å². The van der Waals surface area contributed by atoms with Gasteiger partial charge in [0.2, 0.25) is 12.7 Å². The molecule has 4 rings (SSSR count). The predicted molar refractivity (Wildman–Crippen MR) is 100 cm³/mol. The molecule has 0 saturated heterocycles. The summed E-state index contributed by atoms with van der Waals surface area (Å²) in [6.07, 6.45) is 0.836. The molecule has 0 spiro atoms. The monoisotopic (exact) mass is 384 g/mol. The van der Waals surface area contributed by atoms with Gasteiger partial charge in [0, 0.05) is 23.9 Å². The number of amides is 1. The minimum atomic E-state index is -0.292. The second-order valence-corrected chi connectivity index (χ2v) is 6.95. The smallest absolute Gasteiger partial charge is 0.231 e. The molecule has 138 valence electrons. The Hall–Kier alpha value is -2.93. The molecule has 1 aromatic heterocycles. The fraction of sp³-hybridized carbons (Fsp3) is 0.200. The molecule has 0 fully saturated rings. The zero-order valence-electron chi connectivity index (χ0n) is 14.4. The van der Waals surface area contributed by atoms with Crippen molar-refractivity contribution in [3.63, 3.8) is 0 Å². The van der Waals surface area contributed by atoms with E-state index in [1.165, 1.54) is 17.4 Å². The normalized spacial score (nSPS) is 12.2. The third kappa shape index (κ3) is 4.09. The Morgan fingerprint density at radius 3 is 2.93 bits per heavy atom. The lowest BCUT2D eigenvalue weighted by molar-refractivity contribution is -0.121. The van der Waals surface area contributed by atoms with Crippen LogP contribution >= 0.6 is 11.3 Å². The van der Waals surface area contributed by atoms with E-state index in [1.54, 1.807) is 18.2 Å². The number of hydrogen-bond acceptors (Lipinski definition) is 5. The molecule has 2 heterocycles. The quantitative estimate of drug-likeness (QED) is 0.700. The van der Waals surface area contributed by atoms with Crippen LogP contribution in [0.4, 0.5) is 4.39 Å². The van der Waals surface area contributed by atoms with Crippen LogP contribution in [0.3, 0.4) is 0 Å². The molecular formula is C20H17FN2O3S. The number of thiazole rings is 1. The van der Waals surface area contributed by atoms with Crippen LogP contribution < -0.4 is 14.8 Å². The largest absolute Gasteiger partial charge is 0.454 e. The number of benzene rings is 2. The Balaban J connectivity index is 1.29. The SMILES string of the molecule is O=C(CCc1csc(-c2ccccc2F)n1)NCc1ccc2c(c1)OCO2. The molecule has 1 aliphatic rings. The van der Waals surface area contributed by atoms with E-state index < -0.39 is 0 Å². The highest BCUT2D eigenvalue weighted by molar-refractivity contribution is 7.13. The van der Waals surface area contributed by atoms with E-state index in [2.05, 4.69) is 10.3 Å². The Morgan fingerprint density at radius 2 is 2.04 bits per heavy atom. The van der Waals surface area contributed by atoms with Gasteiger partial charge in [0.05, 0.1) is 5.69 Å². The lowest BCUT2D eigenvalue weighted by Crippen LogP contribution is -2.23. The van der Waals surface area contributed by atoms with Gasteiger partial charge in [-0.3, -0.25) is 4.79 Å². The molecule has 0 bridgehead atoms. The summed E-state index contributed by atoms with van der Waals surface area (Å²) in [5.74, 6) is 1.07. The van der Waals surface area contributed by atoms with Crippen molar-refractivity contribution >= 4 is 17.2 Å². The lowest BCUT2D eigenvalue weighted by atomic mass is 10.2. The van der Waals surface area contributed by atoms with Crippen molar-refractivity contribution in [3.8, 4) is 22.1 Å². The molecule has 7 heteroatoms. The van der Waals surface area contributed by atoms with Crippen LogP contribution in [0.2, 0.25) is 0 Å². The summed E-state index contributed by atoms with van der Waals surface area (Å²) >= 11 is 1.38. The van der Waals surface area contributed by atoms with E-state index in [9.17, 15) is 9.18 Å². The van der Waals surface area contributed by atoms with Gasteiger partial charge in [-0.15, -0.1) is 11.3 Å². The summed E-state index contributed by atoms with van der Waals surface area (Å²) in [5.41, 5.74) is 2.22. The van der Waals surface area contributed by atoms with E-state index in [1.807, 2.05) is 23.6 Å². The maximum atomic E-state index is 13.8. The number of aryl methyl sites for hydroxylation is 1. The summed E-state index contributed by atoms with van der Waals surface area (Å²) < 4.78 is 24.4. The average molecular weight is 384 g/mol. The van der Waals surface area contributed by atoms with Crippen LogP contribution in [0.15, 0.2) is 47.8 Å². The molecule has 1 N–H and O–H groups in total. The van der Waals surface area contributed by atoms with Crippen LogP contribution in [0.25, 0.3) is 10.6 Å². The van der Waals surface area contributed by atoms with E-state index >= 15 is 0 Å². The first-order chi connectivity index (χ1) is 13.2. The van der Waals surface area contributed by atoms with Crippen molar-refractivity contribution in [2.45, 2.75) is 19.4 Å². The lowest BCUT2D eigenvalue weighted by Gasteiger charge is -2.06. The third-order valence-corrected chi connectivity index (χ3v) is 5.12. The van der Waals surface area contributed by atoms with Crippen LogP contribution in [-0.2, 0) is 17.8 Å². The number of halogens is 1. The highest BCUT2D eigenvalue weighted by Gasteiger charge is 2.14. The van der Waals surface area contributed by atoms with Crippen LogP contribution in [0, 0.1) is 5.82 Å². The minimum absolute atomic E-state index is 0.0619.